The predicted molar refractivity (Wildman–Crippen MR) is 90.6 cm³/mol. The van der Waals surface area contributed by atoms with E-state index >= 15 is 0 Å². The zero-order valence-electron chi connectivity index (χ0n) is 14.4. The zero-order valence-corrected chi connectivity index (χ0v) is 15.3. The molecule has 0 radical (unpaired) electrons. The van der Waals surface area contributed by atoms with Gasteiger partial charge in [0.25, 0.3) is 5.56 Å². The summed E-state index contributed by atoms with van der Waals surface area (Å²) in [7, 11) is -1.82. The zero-order chi connectivity index (χ0) is 18.4. The topological polar surface area (TPSA) is 109 Å². The van der Waals surface area contributed by atoms with Crippen molar-refractivity contribution >= 4 is 7.60 Å². The Kier molecular flexibility index (Phi) is 6.92. The Morgan fingerprint density at radius 3 is 2.60 bits per heavy atom. The van der Waals surface area contributed by atoms with Crippen LogP contribution < -0.4 is 11.2 Å². The maximum Gasteiger partial charge on any atom is 0.353 e. The van der Waals surface area contributed by atoms with Crippen molar-refractivity contribution < 1.29 is 23.1 Å². The molecule has 1 aliphatic rings. The molecule has 2 heterocycles. The second-order valence-corrected chi connectivity index (χ2v) is 7.20. The Morgan fingerprint density at radius 2 is 2.04 bits per heavy atom. The van der Waals surface area contributed by atoms with Gasteiger partial charge in [0.2, 0.25) is 0 Å². The molecule has 1 aliphatic heterocycles. The highest BCUT2D eigenvalue weighted by atomic mass is 31.2. The maximum absolute atomic E-state index is 12.5. The fourth-order valence-corrected chi connectivity index (χ4v) is 3.93. The van der Waals surface area contributed by atoms with E-state index in [1.165, 1.54) is 29.8 Å². The number of aromatic nitrogens is 2. The van der Waals surface area contributed by atoms with Crippen LogP contribution in [0.1, 0.15) is 26.5 Å². The Morgan fingerprint density at radius 1 is 1.36 bits per heavy atom. The second kappa shape index (κ2) is 8.73. The van der Waals surface area contributed by atoms with Crippen molar-refractivity contribution in [1.29, 1.82) is 0 Å². The van der Waals surface area contributed by atoms with Gasteiger partial charge in [-0.1, -0.05) is 0 Å². The molecule has 0 aromatic carbocycles. The third-order valence-electron chi connectivity index (χ3n) is 3.63. The molecule has 1 fully saturated rings. The van der Waals surface area contributed by atoms with Gasteiger partial charge >= 0.3 is 13.3 Å². The molecule has 25 heavy (non-hydrogen) atoms. The van der Waals surface area contributed by atoms with E-state index in [2.05, 4.69) is 4.98 Å². The van der Waals surface area contributed by atoms with Crippen LogP contribution in [0.3, 0.4) is 0 Å². The average Bonchev–Trinajstić information content (AvgIpc) is 2.97. The molecule has 1 N–H and O–H groups in total. The van der Waals surface area contributed by atoms with Crippen LogP contribution in [0.2, 0.25) is 0 Å². The van der Waals surface area contributed by atoms with Crippen molar-refractivity contribution in [3.63, 3.8) is 0 Å². The molecule has 9 nitrogen and oxygen atoms in total. The quantitative estimate of drug-likeness (QED) is 0.689. The number of nitrogens with zero attached hydrogens (tertiary/aromatic N) is 1. The summed E-state index contributed by atoms with van der Waals surface area (Å²) in [6.45, 7) is 3.96. The molecular weight excluding hydrogens is 351 g/mol. The molecule has 1 saturated heterocycles. The minimum absolute atomic E-state index is 0.253. The van der Waals surface area contributed by atoms with Gasteiger partial charge in [-0.15, -0.1) is 0 Å². The van der Waals surface area contributed by atoms with Crippen molar-refractivity contribution in [3.8, 4) is 0 Å². The summed E-state index contributed by atoms with van der Waals surface area (Å²) in [6.07, 6.45) is 1.84. The van der Waals surface area contributed by atoms with Crippen molar-refractivity contribution in [3.05, 3.63) is 45.0 Å². The SMILES string of the molecule is CCOP(=O)(/C=C/[C@@H]1C[C@H](OC)[C@H](n2ccc(=O)[nH]c2=O)O1)OCC. The number of H-pyrrole nitrogens is 1. The summed E-state index contributed by atoms with van der Waals surface area (Å²) in [6, 6.07) is 1.24. The van der Waals surface area contributed by atoms with Crippen LogP contribution in [0.15, 0.2) is 33.7 Å². The molecule has 1 aromatic rings. The summed E-state index contributed by atoms with van der Waals surface area (Å²) >= 11 is 0. The summed E-state index contributed by atoms with van der Waals surface area (Å²) in [5.41, 5.74) is -1.07. The Hall–Kier alpha value is -1.51. The van der Waals surface area contributed by atoms with Crippen molar-refractivity contribution in [1.82, 2.24) is 9.55 Å². The first-order valence-electron chi connectivity index (χ1n) is 8.00. The molecule has 0 unspecified atom stereocenters. The van der Waals surface area contributed by atoms with Gasteiger partial charge in [-0.3, -0.25) is 18.9 Å². The van der Waals surface area contributed by atoms with E-state index < -0.39 is 37.3 Å². The fourth-order valence-electron chi connectivity index (χ4n) is 2.56. The Bertz CT molecular complexity index is 747. The molecule has 2 rings (SSSR count). The van der Waals surface area contributed by atoms with Gasteiger partial charge in [-0.25, -0.2) is 4.79 Å². The van der Waals surface area contributed by atoms with Gasteiger partial charge in [0.05, 0.1) is 19.3 Å². The molecule has 3 atom stereocenters. The van der Waals surface area contributed by atoms with Gasteiger partial charge in [-0.2, -0.15) is 0 Å². The number of rotatable bonds is 8. The van der Waals surface area contributed by atoms with Crippen molar-refractivity contribution in [2.45, 2.75) is 38.7 Å². The van der Waals surface area contributed by atoms with Gasteiger partial charge < -0.3 is 18.5 Å². The first-order valence-corrected chi connectivity index (χ1v) is 9.61. The Labute approximate surface area is 145 Å². The summed E-state index contributed by atoms with van der Waals surface area (Å²) in [5.74, 6) is 1.37. The molecule has 10 heteroatoms. The lowest BCUT2D eigenvalue weighted by atomic mass is 10.2. The highest BCUT2D eigenvalue weighted by Crippen LogP contribution is 2.50. The molecule has 0 saturated carbocycles. The van der Waals surface area contributed by atoms with E-state index in [9.17, 15) is 14.2 Å². The van der Waals surface area contributed by atoms with Gasteiger partial charge in [-0.05, 0) is 19.9 Å². The smallest absolute Gasteiger partial charge is 0.353 e. The largest absolute Gasteiger partial charge is 0.377 e. The molecule has 0 bridgehead atoms. The van der Waals surface area contributed by atoms with Crippen molar-refractivity contribution in [2.24, 2.45) is 0 Å². The number of hydrogen-bond acceptors (Lipinski definition) is 7. The Balaban J connectivity index is 2.18. The van der Waals surface area contributed by atoms with E-state index in [1.807, 2.05) is 0 Å². The number of hydrogen-bond donors (Lipinski definition) is 1. The van der Waals surface area contributed by atoms with Crippen LogP contribution in [0.25, 0.3) is 0 Å². The van der Waals surface area contributed by atoms with Crippen LogP contribution in [-0.4, -0.2) is 42.1 Å². The minimum Gasteiger partial charge on any atom is -0.377 e. The molecule has 1 aromatic heterocycles. The third-order valence-corrected chi connectivity index (χ3v) is 5.40. The molecule has 0 amide bonds. The normalized spacial score (nSPS) is 24.2. The van der Waals surface area contributed by atoms with E-state index in [1.54, 1.807) is 19.9 Å². The summed E-state index contributed by atoms with van der Waals surface area (Å²) in [4.78, 5) is 25.3. The average molecular weight is 374 g/mol. The van der Waals surface area contributed by atoms with Crippen LogP contribution in [0.4, 0.5) is 0 Å². The first kappa shape index (κ1) is 19.8. The lowest BCUT2D eigenvalue weighted by Gasteiger charge is -2.19. The molecule has 0 aliphatic carbocycles. The highest BCUT2D eigenvalue weighted by molar-refractivity contribution is 7.57. The van der Waals surface area contributed by atoms with E-state index in [0.717, 1.165) is 0 Å². The monoisotopic (exact) mass is 374 g/mol. The molecular formula is C15H23N2O7P. The maximum atomic E-state index is 12.5. The molecule has 0 spiro atoms. The molecule has 140 valence electrons. The second-order valence-electron chi connectivity index (χ2n) is 5.31. The first-order chi connectivity index (χ1) is 11.9. The van der Waals surface area contributed by atoms with Crippen LogP contribution in [0.5, 0.6) is 0 Å². The number of nitrogens with one attached hydrogen (secondary N) is 1. The van der Waals surface area contributed by atoms with Gasteiger partial charge in [0.15, 0.2) is 6.23 Å². The van der Waals surface area contributed by atoms with Gasteiger partial charge in [0.1, 0.15) is 6.10 Å². The van der Waals surface area contributed by atoms with Gasteiger partial charge in [0, 0.05) is 31.6 Å². The number of methoxy groups -OCH3 is 1. The van der Waals surface area contributed by atoms with Crippen LogP contribution in [0, 0.1) is 0 Å². The highest BCUT2D eigenvalue weighted by Gasteiger charge is 2.36. The van der Waals surface area contributed by atoms with E-state index in [4.69, 9.17) is 18.5 Å². The lowest BCUT2D eigenvalue weighted by Crippen LogP contribution is -2.35. The van der Waals surface area contributed by atoms with E-state index in [0.29, 0.717) is 6.42 Å². The van der Waals surface area contributed by atoms with Crippen molar-refractivity contribution in [2.75, 3.05) is 20.3 Å². The van der Waals surface area contributed by atoms with E-state index in [-0.39, 0.29) is 13.2 Å². The fraction of sp³-hybridized carbons (Fsp3) is 0.600. The summed E-state index contributed by atoms with van der Waals surface area (Å²) < 4.78 is 35.3. The standard InChI is InChI=1S/C15H23N2O7P/c1-4-22-25(20,23-5-2)9-7-11-10-12(21-3)14(24-11)17-8-6-13(18)16-15(17)19/h6-9,11-12,14H,4-5,10H2,1-3H3,(H,16,18,19)/b9-7+/t11-,12+,14-/m1/s1. The third kappa shape index (κ3) is 4.99. The number of ether oxygens (including phenoxy) is 2. The minimum atomic E-state index is -3.33. The predicted octanol–water partition coefficient (Wildman–Crippen LogP) is 1.62. The summed E-state index contributed by atoms with van der Waals surface area (Å²) in [5, 5.41) is 0. The number of aromatic amines is 1. The lowest BCUT2D eigenvalue weighted by molar-refractivity contribution is -0.0431. The van der Waals surface area contributed by atoms with Crippen LogP contribution >= 0.6 is 7.60 Å². The van der Waals surface area contributed by atoms with Crippen LogP contribution in [-0.2, 0) is 23.1 Å².